The molecule has 1 unspecified atom stereocenters. The lowest BCUT2D eigenvalue weighted by atomic mass is 9.99. The molecule has 1 heterocycles. The number of hydrogen-bond acceptors (Lipinski definition) is 3. The second-order valence-electron chi connectivity index (χ2n) is 4.68. The summed E-state index contributed by atoms with van der Waals surface area (Å²) >= 11 is 6.13. The van der Waals surface area contributed by atoms with Gasteiger partial charge in [-0.1, -0.05) is 17.7 Å². The Morgan fingerprint density at radius 2 is 2.42 bits per heavy atom. The molecular weight excluding hydrogens is 264 g/mol. The van der Waals surface area contributed by atoms with Crippen molar-refractivity contribution in [3.63, 3.8) is 0 Å². The van der Waals surface area contributed by atoms with Crippen LogP contribution < -0.4 is 15.4 Å². The normalized spacial score (nSPS) is 18.9. The molecule has 1 atom stereocenters. The van der Waals surface area contributed by atoms with Crippen LogP contribution in [0, 0.1) is 5.92 Å². The third-order valence-corrected chi connectivity index (χ3v) is 3.76. The summed E-state index contributed by atoms with van der Waals surface area (Å²) < 4.78 is 5.26. The van der Waals surface area contributed by atoms with Gasteiger partial charge in [-0.05, 0) is 31.5 Å². The Kier molecular flexibility index (Phi) is 5.05. The molecule has 1 saturated heterocycles. The lowest BCUT2D eigenvalue weighted by Gasteiger charge is -2.22. The fraction of sp³-hybridized carbons (Fsp3) is 0.500. The molecule has 0 bridgehead atoms. The van der Waals surface area contributed by atoms with Crippen LogP contribution in [0.5, 0.6) is 5.75 Å². The van der Waals surface area contributed by atoms with Crippen molar-refractivity contribution >= 4 is 17.5 Å². The first-order valence-electron chi connectivity index (χ1n) is 6.52. The number of benzene rings is 1. The van der Waals surface area contributed by atoms with Crippen LogP contribution in [-0.4, -0.2) is 26.1 Å². The van der Waals surface area contributed by atoms with Crippen LogP contribution in [0.2, 0.25) is 5.02 Å². The SMILES string of the molecule is COc1cccc(Cl)c1CNC(=O)C1CCCNC1. The van der Waals surface area contributed by atoms with Crippen molar-refractivity contribution in [1.29, 1.82) is 0 Å². The molecule has 104 valence electrons. The van der Waals surface area contributed by atoms with Crippen molar-refractivity contribution in [2.45, 2.75) is 19.4 Å². The predicted octanol–water partition coefficient (Wildman–Crippen LogP) is 1.96. The fourth-order valence-electron chi connectivity index (χ4n) is 2.30. The van der Waals surface area contributed by atoms with E-state index in [1.54, 1.807) is 13.2 Å². The van der Waals surface area contributed by atoms with Gasteiger partial charge in [-0.15, -0.1) is 0 Å². The van der Waals surface area contributed by atoms with Gasteiger partial charge in [0.1, 0.15) is 5.75 Å². The third kappa shape index (κ3) is 3.61. The molecule has 0 radical (unpaired) electrons. The summed E-state index contributed by atoms with van der Waals surface area (Å²) in [7, 11) is 1.60. The average molecular weight is 283 g/mol. The maximum Gasteiger partial charge on any atom is 0.224 e. The maximum absolute atomic E-state index is 12.0. The van der Waals surface area contributed by atoms with Crippen LogP contribution in [0.15, 0.2) is 18.2 Å². The van der Waals surface area contributed by atoms with Gasteiger partial charge in [0.2, 0.25) is 5.91 Å². The summed E-state index contributed by atoms with van der Waals surface area (Å²) in [6, 6.07) is 5.47. The first-order chi connectivity index (χ1) is 9.22. The highest BCUT2D eigenvalue weighted by Crippen LogP contribution is 2.26. The number of methoxy groups -OCH3 is 1. The Morgan fingerprint density at radius 3 is 3.11 bits per heavy atom. The zero-order valence-electron chi connectivity index (χ0n) is 11.0. The van der Waals surface area contributed by atoms with E-state index in [4.69, 9.17) is 16.3 Å². The van der Waals surface area contributed by atoms with Crippen molar-refractivity contribution in [3.05, 3.63) is 28.8 Å². The summed E-state index contributed by atoms with van der Waals surface area (Å²) in [4.78, 5) is 12.0. The highest BCUT2D eigenvalue weighted by Gasteiger charge is 2.21. The number of piperidine rings is 1. The Morgan fingerprint density at radius 1 is 1.58 bits per heavy atom. The monoisotopic (exact) mass is 282 g/mol. The lowest BCUT2D eigenvalue weighted by molar-refractivity contribution is -0.125. The van der Waals surface area contributed by atoms with Crippen molar-refractivity contribution in [1.82, 2.24) is 10.6 Å². The number of hydrogen-bond donors (Lipinski definition) is 2. The molecule has 1 aromatic rings. The Hall–Kier alpha value is -1.26. The molecule has 0 saturated carbocycles. The van der Waals surface area contributed by atoms with Crippen LogP contribution in [-0.2, 0) is 11.3 Å². The Balaban J connectivity index is 1.96. The first-order valence-corrected chi connectivity index (χ1v) is 6.90. The predicted molar refractivity (Wildman–Crippen MR) is 75.4 cm³/mol. The van der Waals surface area contributed by atoms with Gasteiger partial charge in [-0.2, -0.15) is 0 Å². The van der Waals surface area contributed by atoms with Crippen LogP contribution >= 0.6 is 11.6 Å². The minimum atomic E-state index is 0.0576. The summed E-state index contributed by atoms with van der Waals surface area (Å²) in [5, 5.41) is 6.79. The zero-order valence-corrected chi connectivity index (χ0v) is 11.8. The van der Waals surface area contributed by atoms with Crippen LogP contribution in [0.3, 0.4) is 0 Å². The van der Waals surface area contributed by atoms with Crippen molar-refractivity contribution in [3.8, 4) is 5.75 Å². The molecular formula is C14H19ClN2O2. The number of halogens is 1. The van der Waals surface area contributed by atoms with Gasteiger partial charge < -0.3 is 15.4 Å². The molecule has 1 amide bonds. The quantitative estimate of drug-likeness (QED) is 0.888. The zero-order chi connectivity index (χ0) is 13.7. The number of rotatable bonds is 4. The van der Waals surface area contributed by atoms with Gasteiger partial charge in [-0.25, -0.2) is 0 Å². The molecule has 1 aromatic carbocycles. The number of nitrogens with one attached hydrogen (secondary N) is 2. The van der Waals surface area contributed by atoms with E-state index in [9.17, 15) is 4.79 Å². The summed E-state index contributed by atoms with van der Waals surface area (Å²) in [5.74, 6) is 0.839. The number of carbonyl (C=O) groups is 1. The molecule has 1 aliphatic heterocycles. The molecule has 4 nitrogen and oxygen atoms in total. The largest absolute Gasteiger partial charge is 0.496 e. The van der Waals surface area contributed by atoms with E-state index in [0.717, 1.165) is 31.5 Å². The summed E-state index contributed by atoms with van der Waals surface area (Å²) in [6.45, 7) is 2.16. The lowest BCUT2D eigenvalue weighted by Crippen LogP contribution is -2.40. The average Bonchev–Trinajstić information content (AvgIpc) is 2.46. The minimum Gasteiger partial charge on any atom is -0.496 e. The molecule has 1 fully saturated rings. The van der Waals surface area contributed by atoms with E-state index < -0.39 is 0 Å². The van der Waals surface area contributed by atoms with Gasteiger partial charge in [-0.3, -0.25) is 4.79 Å². The van der Waals surface area contributed by atoms with Gasteiger partial charge in [0.25, 0.3) is 0 Å². The fourth-order valence-corrected chi connectivity index (χ4v) is 2.53. The van der Waals surface area contributed by atoms with E-state index >= 15 is 0 Å². The standard InChI is InChI=1S/C14H19ClN2O2/c1-19-13-6-2-5-12(15)11(13)9-17-14(18)10-4-3-7-16-8-10/h2,5-6,10,16H,3-4,7-9H2,1H3,(H,17,18). The van der Waals surface area contributed by atoms with Crippen molar-refractivity contribution < 1.29 is 9.53 Å². The Labute approximate surface area is 118 Å². The van der Waals surface area contributed by atoms with Crippen LogP contribution in [0.25, 0.3) is 0 Å². The summed E-state index contributed by atoms with van der Waals surface area (Å²) in [5.41, 5.74) is 0.823. The van der Waals surface area contributed by atoms with E-state index in [2.05, 4.69) is 10.6 Å². The van der Waals surface area contributed by atoms with Gasteiger partial charge in [0.15, 0.2) is 0 Å². The molecule has 2 rings (SSSR count). The van der Waals surface area contributed by atoms with E-state index in [1.165, 1.54) is 0 Å². The van der Waals surface area contributed by atoms with Crippen LogP contribution in [0.1, 0.15) is 18.4 Å². The topological polar surface area (TPSA) is 50.4 Å². The van der Waals surface area contributed by atoms with Gasteiger partial charge >= 0.3 is 0 Å². The Bertz CT molecular complexity index is 445. The van der Waals surface area contributed by atoms with E-state index in [0.29, 0.717) is 17.3 Å². The molecule has 0 spiro atoms. The molecule has 2 N–H and O–H groups in total. The van der Waals surface area contributed by atoms with Crippen molar-refractivity contribution in [2.24, 2.45) is 5.92 Å². The molecule has 0 aromatic heterocycles. The third-order valence-electron chi connectivity index (χ3n) is 3.40. The van der Waals surface area contributed by atoms with E-state index in [-0.39, 0.29) is 11.8 Å². The van der Waals surface area contributed by atoms with Gasteiger partial charge in [0, 0.05) is 23.7 Å². The second kappa shape index (κ2) is 6.78. The second-order valence-corrected chi connectivity index (χ2v) is 5.09. The van der Waals surface area contributed by atoms with E-state index in [1.807, 2.05) is 12.1 Å². The number of amides is 1. The minimum absolute atomic E-state index is 0.0576. The molecule has 5 heteroatoms. The number of ether oxygens (including phenoxy) is 1. The molecule has 0 aliphatic carbocycles. The highest BCUT2D eigenvalue weighted by molar-refractivity contribution is 6.31. The maximum atomic E-state index is 12.0. The molecule has 19 heavy (non-hydrogen) atoms. The van der Waals surface area contributed by atoms with Crippen LogP contribution in [0.4, 0.5) is 0 Å². The number of carbonyl (C=O) groups excluding carboxylic acids is 1. The summed E-state index contributed by atoms with van der Waals surface area (Å²) in [6.07, 6.45) is 1.99. The smallest absolute Gasteiger partial charge is 0.224 e. The van der Waals surface area contributed by atoms with Gasteiger partial charge in [0.05, 0.1) is 13.0 Å². The first kappa shape index (κ1) is 14.2. The molecule has 1 aliphatic rings. The van der Waals surface area contributed by atoms with Crippen molar-refractivity contribution in [2.75, 3.05) is 20.2 Å². The highest BCUT2D eigenvalue weighted by atomic mass is 35.5.